The van der Waals surface area contributed by atoms with Crippen LogP contribution in [0.5, 0.6) is 0 Å². The van der Waals surface area contributed by atoms with Crippen LogP contribution in [0.3, 0.4) is 0 Å². The van der Waals surface area contributed by atoms with Crippen LogP contribution in [0.4, 0.5) is 15.8 Å². The molecule has 0 aromatic heterocycles. The summed E-state index contributed by atoms with van der Waals surface area (Å²) in [4.78, 5) is 10.2. The van der Waals surface area contributed by atoms with Crippen LogP contribution >= 0.6 is 0 Å². The second-order valence-corrected chi connectivity index (χ2v) is 4.43. The van der Waals surface area contributed by atoms with Crippen molar-refractivity contribution in [1.82, 2.24) is 5.32 Å². The Kier molecular flexibility index (Phi) is 4.09. The van der Waals surface area contributed by atoms with E-state index in [0.29, 0.717) is 12.6 Å². The molecule has 0 unspecified atom stereocenters. The third-order valence-corrected chi connectivity index (χ3v) is 2.83. The largest absolute Gasteiger partial charge is 0.379 e. The minimum atomic E-state index is -0.510. The van der Waals surface area contributed by atoms with E-state index in [-0.39, 0.29) is 11.4 Å². The maximum Gasteiger partial charge on any atom is 0.292 e. The molecule has 98 valence electrons. The maximum absolute atomic E-state index is 13.0. The summed E-state index contributed by atoms with van der Waals surface area (Å²) in [7, 11) is 0. The molecule has 0 radical (unpaired) electrons. The van der Waals surface area contributed by atoms with Crippen molar-refractivity contribution in [3.05, 3.63) is 34.1 Å². The van der Waals surface area contributed by atoms with Gasteiger partial charge in [-0.3, -0.25) is 10.1 Å². The highest BCUT2D eigenvalue weighted by atomic mass is 19.1. The molecule has 0 heterocycles. The van der Waals surface area contributed by atoms with E-state index in [2.05, 4.69) is 10.6 Å². The summed E-state index contributed by atoms with van der Waals surface area (Å²) in [6, 6.07) is 4.10. The molecule has 1 aliphatic rings. The van der Waals surface area contributed by atoms with Crippen LogP contribution < -0.4 is 10.6 Å². The predicted molar refractivity (Wildman–Crippen MR) is 67.2 cm³/mol. The normalized spacial score (nSPS) is 14.5. The molecule has 2 rings (SSSR count). The molecule has 1 saturated carbocycles. The van der Waals surface area contributed by atoms with Crippen LogP contribution in [-0.4, -0.2) is 24.1 Å². The molecular weight excluding hydrogens is 237 g/mol. The zero-order chi connectivity index (χ0) is 13.0. The molecule has 5 nitrogen and oxygen atoms in total. The second-order valence-electron chi connectivity index (χ2n) is 4.43. The van der Waals surface area contributed by atoms with Crippen molar-refractivity contribution in [2.24, 2.45) is 0 Å². The van der Waals surface area contributed by atoms with Gasteiger partial charge in [0, 0.05) is 24.7 Å². The number of nitrogens with one attached hydrogen (secondary N) is 2. The van der Waals surface area contributed by atoms with Gasteiger partial charge in [-0.05, 0) is 31.9 Å². The van der Waals surface area contributed by atoms with E-state index in [9.17, 15) is 14.5 Å². The Morgan fingerprint density at radius 2 is 2.17 bits per heavy atom. The van der Waals surface area contributed by atoms with Crippen molar-refractivity contribution in [3.63, 3.8) is 0 Å². The summed E-state index contributed by atoms with van der Waals surface area (Å²) in [5, 5.41) is 17.0. The Morgan fingerprint density at radius 3 is 2.83 bits per heavy atom. The highest BCUT2D eigenvalue weighted by Gasteiger charge is 2.19. The number of rotatable bonds is 7. The Bertz CT molecular complexity index is 435. The molecule has 6 heteroatoms. The number of anilines is 1. The molecule has 0 aliphatic heterocycles. The number of nitro groups is 1. The molecule has 0 bridgehead atoms. The average Bonchev–Trinajstić information content (AvgIpc) is 3.12. The van der Waals surface area contributed by atoms with Gasteiger partial charge in [0.25, 0.3) is 5.69 Å². The van der Waals surface area contributed by atoms with Crippen molar-refractivity contribution in [1.29, 1.82) is 0 Å². The second kappa shape index (κ2) is 5.77. The quantitative estimate of drug-likeness (QED) is 0.444. The lowest BCUT2D eigenvalue weighted by Crippen LogP contribution is -2.20. The van der Waals surface area contributed by atoms with Crippen LogP contribution in [0.25, 0.3) is 0 Å². The molecule has 2 N–H and O–H groups in total. The van der Waals surface area contributed by atoms with E-state index in [4.69, 9.17) is 0 Å². The zero-order valence-electron chi connectivity index (χ0n) is 9.99. The number of hydrogen-bond donors (Lipinski definition) is 2. The summed E-state index contributed by atoms with van der Waals surface area (Å²) in [5.41, 5.74) is 0.151. The van der Waals surface area contributed by atoms with Gasteiger partial charge in [0.1, 0.15) is 11.5 Å². The Morgan fingerprint density at radius 1 is 1.39 bits per heavy atom. The zero-order valence-corrected chi connectivity index (χ0v) is 9.99. The number of benzene rings is 1. The van der Waals surface area contributed by atoms with E-state index in [1.807, 2.05) is 0 Å². The van der Waals surface area contributed by atoms with Crippen molar-refractivity contribution in [3.8, 4) is 0 Å². The Hall–Kier alpha value is -1.69. The SMILES string of the molecule is O=[N+]([O-])c1ccc(F)cc1NCCCNC1CC1. The highest BCUT2D eigenvalue weighted by molar-refractivity contribution is 5.61. The van der Waals surface area contributed by atoms with Gasteiger partial charge in [-0.2, -0.15) is 0 Å². The fourth-order valence-electron chi connectivity index (χ4n) is 1.71. The van der Waals surface area contributed by atoms with Gasteiger partial charge in [-0.1, -0.05) is 0 Å². The van der Waals surface area contributed by atoms with Crippen molar-refractivity contribution in [2.45, 2.75) is 25.3 Å². The number of nitro benzene ring substituents is 1. The number of nitrogens with zero attached hydrogens (tertiary/aromatic N) is 1. The molecule has 0 saturated heterocycles. The van der Waals surface area contributed by atoms with Gasteiger partial charge in [-0.15, -0.1) is 0 Å². The van der Waals surface area contributed by atoms with Gasteiger partial charge in [-0.25, -0.2) is 4.39 Å². The van der Waals surface area contributed by atoms with Gasteiger partial charge in [0.05, 0.1) is 4.92 Å². The Labute approximate surface area is 105 Å². The predicted octanol–water partition coefficient (Wildman–Crippen LogP) is 2.29. The van der Waals surface area contributed by atoms with Crippen molar-refractivity contribution in [2.75, 3.05) is 18.4 Å². The number of halogens is 1. The molecule has 1 aliphatic carbocycles. The van der Waals surface area contributed by atoms with Crippen LogP contribution in [0.1, 0.15) is 19.3 Å². The van der Waals surface area contributed by atoms with E-state index < -0.39 is 10.7 Å². The summed E-state index contributed by atoms with van der Waals surface area (Å²) < 4.78 is 13.0. The summed E-state index contributed by atoms with van der Waals surface area (Å²) >= 11 is 0. The van der Waals surface area contributed by atoms with Crippen LogP contribution in [0.2, 0.25) is 0 Å². The minimum Gasteiger partial charge on any atom is -0.379 e. The average molecular weight is 253 g/mol. The lowest BCUT2D eigenvalue weighted by molar-refractivity contribution is -0.384. The third kappa shape index (κ3) is 3.66. The molecule has 1 aromatic carbocycles. The Balaban J connectivity index is 1.82. The van der Waals surface area contributed by atoms with Gasteiger partial charge in [0.15, 0.2) is 0 Å². The van der Waals surface area contributed by atoms with Crippen molar-refractivity contribution >= 4 is 11.4 Å². The number of hydrogen-bond acceptors (Lipinski definition) is 4. The van der Waals surface area contributed by atoms with E-state index >= 15 is 0 Å². The lowest BCUT2D eigenvalue weighted by atomic mass is 10.2. The summed E-state index contributed by atoms with van der Waals surface area (Å²) in [5.74, 6) is -0.473. The first-order valence-electron chi connectivity index (χ1n) is 6.08. The topological polar surface area (TPSA) is 67.2 Å². The first-order valence-corrected chi connectivity index (χ1v) is 6.08. The fraction of sp³-hybridized carbons (Fsp3) is 0.500. The van der Waals surface area contributed by atoms with Gasteiger partial charge < -0.3 is 10.6 Å². The van der Waals surface area contributed by atoms with Crippen LogP contribution in [0, 0.1) is 15.9 Å². The smallest absolute Gasteiger partial charge is 0.292 e. The van der Waals surface area contributed by atoms with Crippen molar-refractivity contribution < 1.29 is 9.31 Å². The van der Waals surface area contributed by atoms with E-state index in [0.717, 1.165) is 25.1 Å². The molecular formula is C12H16FN3O2. The van der Waals surface area contributed by atoms with Gasteiger partial charge in [0.2, 0.25) is 0 Å². The lowest BCUT2D eigenvalue weighted by Gasteiger charge is -2.07. The molecule has 18 heavy (non-hydrogen) atoms. The fourth-order valence-corrected chi connectivity index (χ4v) is 1.71. The van der Waals surface area contributed by atoms with E-state index in [1.165, 1.54) is 18.9 Å². The molecule has 0 spiro atoms. The van der Waals surface area contributed by atoms with Crippen LogP contribution in [0.15, 0.2) is 18.2 Å². The molecule has 1 aromatic rings. The van der Waals surface area contributed by atoms with Gasteiger partial charge >= 0.3 is 0 Å². The minimum absolute atomic E-state index is 0.0912. The third-order valence-electron chi connectivity index (χ3n) is 2.83. The first-order chi connectivity index (χ1) is 8.66. The summed E-state index contributed by atoms with van der Waals surface area (Å²) in [6.07, 6.45) is 3.33. The molecule has 0 amide bonds. The highest BCUT2D eigenvalue weighted by Crippen LogP contribution is 2.24. The summed E-state index contributed by atoms with van der Waals surface area (Å²) in [6.45, 7) is 1.46. The van der Waals surface area contributed by atoms with E-state index in [1.54, 1.807) is 0 Å². The standard InChI is InChI=1S/C12H16FN3O2/c13-9-2-5-12(16(17)18)11(8-9)15-7-1-6-14-10-3-4-10/h2,5,8,10,14-15H,1,3-4,6-7H2. The monoisotopic (exact) mass is 253 g/mol. The maximum atomic E-state index is 13.0. The van der Waals surface area contributed by atoms with Crippen LogP contribution in [-0.2, 0) is 0 Å². The first kappa shape index (κ1) is 12.8. The molecule has 0 atom stereocenters. The molecule has 1 fully saturated rings.